The molecule has 114 valence electrons. The smallest absolute Gasteiger partial charge is 0.134 e. The Balaban J connectivity index is 1.88. The third-order valence-corrected chi connectivity index (χ3v) is 4.68. The zero-order valence-electron chi connectivity index (χ0n) is 12.7. The van der Waals surface area contributed by atoms with E-state index in [4.69, 9.17) is 4.42 Å². The summed E-state index contributed by atoms with van der Waals surface area (Å²) in [4.78, 5) is 0. The molecule has 2 aromatic rings. The third-order valence-electron chi connectivity index (χ3n) is 4.68. The molecule has 21 heavy (non-hydrogen) atoms. The molecule has 1 N–H and O–H groups in total. The molecule has 1 saturated carbocycles. The largest absolute Gasteiger partial charge is 0.461 e. The first kappa shape index (κ1) is 14.6. The first-order valence-electron chi connectivity index (χ1n) is 8.17. The molecular weight excluding hydrogens is 265 g/mol. The monoisotopic (exact) mass is 289 g/mol. The molecule has 2 unspecified atom stereocenters. The van der Waals surface area contributed by atoms with Gasteiger partial charge in [0, 0.05) is 11.3 Å². The first-order valence-corrected chi connectivity index (χ1v) is 8.17. The zero-order chi connectivity index (χ0) is 14.7. The number of hydrogen-bond donors (Lipinski definition) is 1. The molecule has 3 heteroatoms. The van der Waals surface area contributed by atoms with Crippen LogP contribution in [-0.4, -0.2) is 13.1 Å². The van der Waals surface area contributed by atoms with Crippen molar-refractivity contribution in [2.24, 2.45) is 5.92 Å². The molecule has 1 aliphatic rings. The van der Waals surface area contributed by atoms with Crippen LogP contribution in [0.15, 0.2) is 28.7 Å². The molecule has 2 atom stereocenters. The summed E-state index contributed by atoms with van der Waals surface area (Å²) in [5, 5.41) is 4.37. The molecule has 3 rings (SSSR count). The van der Waals surface area contributed by atoms with Gasteiger partial charge in [0.15, 0.2) is 0 Å². The average molecular weight is 289 g/mol. The lowest BCUT2D eigenvalue weighted by Crippen LogP contribution is -2.26. The Labute approximate surface area is 125 Å². The second-order valence-corrected chi connectivity index (χ2v) is 6.14. The number of fused-ring (bicyclic) bond motifs is 1. The van der Waals surface area contributed by atoms with E-state index in [9.17, 15) is 4.39 Å². The van der Waals surface area contributed by atoms with Gasteiger partial charge in [-0.2, -0.15) is 0 Å². The van der Waals surface area contributed by atoms with Gasteiger partial charge in [-0.25, -0.2) is 4.39 Å². The summed E-state index contributed by atoms with van der Waals surface area (Å²) in [6, 6.07) is 6.83. The van der Waals surface area contributed by atoms with E-state index in [2.05, 4.69) is 12.2 Å². The molecule has 1 fully saturated rings. The summed E-state index contributed by atoms with van der Waals surface area (Å²) in [6.45, 7) is 4.21. The van der Waals surface area contributed by atoms with E-state index in [1.54, 1.807) is 12.1 Å². The minimum atomic E-state index is -0.195. The number of halogens is 1. The zero-order valence-corrected chi connectivity index (χ0v) is 12.7. The van der Waals surface area contributed by atoms with Crippen LogP contribution in [0.25, 0.3) is 11.0 Å². The molecule has 0 spiro atoms. The van der Waals surface area contributed by atoms with Crippen LogP contribution < -0.4 is 5.32 Å². The van der Waals surface area contributed by atoms with Crippen molar-refractivity contribution in [3.63, 3.8) is 0 Å². The van der Waals surface area contributed by atoms with Gasteiger partial charge in [-0.15, -0.1) is 0 Å². The van der Waals surface area contributed by atoms with E-state index >= 15 is 0 Å². The molecule has 1 aliphatic carbocycles. The van der Waals surface area contributed by atoms with Crippen molar-refractivity contribution < 1.29 is 8.81 Å². The Bertz CT molecular complexity index is 592. The SMILES string of the molecule is CCNCC1CCCCCC1c1cc2cc(F)ccc2o1. The molecule has 0 bridgehead atoms. The van der Waals surface area contributed by atoms with E-state index in [0.29, 0.717) is 11.8 Å². The van der Waals surface area contributed by atoms with Crippen molar-refractivity contribution in [3.05, 3.63) is 35.8 Å². The van der Waals surface area contributed by atoms with E-state index < -0.39 is 0 Å². The minimum Gasteiger partial charge on any atom is -0.461 e. The van der Waals surface area contributed by atoms with Crippen LogP contribution in [0.1, 0.15) is 50.7 Å². The van der Waals surface area contributed by atoms with Gasteiger partial charge in [0.25, 0.3) is 0 Å². The van der Waals surface area contributed by atoms with Crippen molar-refractivity contribution in [1.82, 2.24) is 5.32 Å². The Morgan fingerprint density at radius 3 is 2.90 bits per heavy atom. The summed E-state index contributed by atoms with van der Waals surface area (Å²) < 4.78 is 19.4. The summed E-state index contributed by atoms with van der Waals surface area (Å²) in [7, 11) is 0. The highest BCUT2D eigenvalue weighted by molar-refractivity contribution is 5.78. The molecule has 1 heterocycles. The highest BCUT2D eigenvalue weighted by Gasteiger charge is 2.27. The van der Waals surface area contributed by atoms with Crippen LogP contribution in [0.4, 0.5) is 4.39 Å². The summed E-state index contributed by atoms with van der Waals surface area (Å²) in [6.07, 6.45) is 6.32. The Morgan fingerprint density at radius 2 is 2.05 bits per heavy atom. The second-order valence-electron chi connectivity index (χ2n) is 6.14. The average Bonchev–Trinajstić information content (AvgIpc) is 2.75. The number of furan rings is 1. The highest BCUT2D eigenvalue weighted by Crippen LogP contribution is 2.38. The van der Waals surface area contributed by atoms with E-state index in [1.807, 2.05) is 6.07 Å². The molecule has 0 aliphatic heterocycles. The van der Waals surface area contributed by atoms with E-state index in [-0.39, 0.29) is 5.82 Å². The Kier molecular flexibility index (Phi) is 4.59. The summed E-state index contributed by atoms with van der Waals surface area (Å²) in [5.74, 6) is 1.93. The van der Waals surface area contributed by atoms with Crippen molar-refractivity contribution >= 4 is 11.0 Å². The standard InChI is InChI=1S/C18H24FNO/c1-2-20-12-13-6-4-3-5-7-16(13)18-11-14-10-15(19)8-9-17(14)21-18/h8-11,13,16,20H,2-7,12H2,1H3. The third kappa shape index (κ3) is 3.29. The van der Waals surface area contributed by atoms with Crippen LogP contribution in [0.5, 0.6) is 0 Å². The van der Waals surface area contributed by atoms with Crippen LogP contribution in [0.3, 0.4) is 0 Å². The van der Waals surface area contributed by atoms with Crippen LogP contribution >= 0.6 is 0 Å². The molecule has 1 aromatic heterocycles. The molecule has 0 saturated heterocycles. The molecule has 0 radical (unpaired) electrons. The Morgan fingerprint density at radius 1 is 1.19 bits per heavy atom. The maximum atomic E-state index is 13.3. The van der Waals surface area contributed by atoms with Gasteiger partial charge in [-0.05, 0) is 56.1 Å². The normalized spacial score (nSPS) is 23.3. The van der Waals surface area contributed by atoms with Gasteiger partial charge in [-0.3, -0.25) is 0 Å². The molecule has 0 amide bonds. The lowest BCUT2D eigenvalue weighted by atomic mass is 9.86. The maximum absolute atomic E-state index is 13.3. The molecular formula is C18H24FNO. The highest BCUT2D eigenvalue weighted by atomic mass is 19.1. The van der Waals surface area contributed by atoms with Crippen molar-refractivity contribution in [1.29, 1.82) is 0 Å². The van der Waals surface area contributed by atoms with Gasteiger partial charge < -0.3 is 9.73 Å². The van der Waals surface area contributed by atoms with Gasteiger partial charge in [-0.1, -0.05) is 26.2 Å². The molecule has 2 nitrogen and oxygen atoms in total. The van der Waals surface area contributed by atoms with Gasteiger partial charge in [0.1, 0.15) is 17.2 Å². The van der Waals surface area contributed by atoms with Crippen molar-refractivity contribution in [2.75, 3.05) is 13.1 Å². The quantitative estimate of drug-likeness (QED) is 0.814. The number of hydrogen-bond acceptors (Lipinski definition) is 2. The van der Waals surface area contributed by atoms with Crippen LogP contribution in [-0.2, 0) is 0 Å². The number of benzene rings is 1. The second kappa shape index (κ2) is 6.61. The van der Waals surface area contributed by atoms with Gasteiger partial charge in [0.05, 0.1) is 0 Å². The lowest BCUT2D eigenvalue weighted by Gasteiger charge is -2.23. The predicted octanol–water partition coefficient (Wildman–Crippen LogP) is 4.85. The fourth-order valence-electron chi connectivity index (χ4n) is 3.55. The van der Waals surface area contributed by atoms with Crippen LogP contribution in [0.2, 0.25) is 0 Å². The van der Waals surface area contributed by atoms with Crippen molar-refractivity contribution in [3.8, 4) is 0 Å². The summed E-state index contributed by atoms with van der Waals surface area (Å²) in [5.41, 5.74) is 0.804. The van der Waals surface area contributed by atoms with Gasteiger partial charge >= 0.3 is 0 Å². The summed E-state index contributed by atoms with van der Waals surface area (Å²) >= 11 is 0. The van der Waals surface area contributed by atoms with E-state index in [0.717, 1.165) is 29.8 Å². The first-order chi connectivity index (χ1) is 10.3. The predicted molar refractivity (Wildman–Crippen MR) is 84.0 cm³/mol. The van der Waals surface area contributed by atoms with Crippen molar-refractivity contribution in [2.45, 2.75) is 44.9 Å². The fraction of sp³-hybridized carbons (Fsp3) is 0.556. The topological polar surface area (TPSA) is 25.2 Å². The van der Waals surface area contributed by atoms with E-state index in [1.165, 1.54) is 38.2 Å². The minimum absolute atomic E-state index is 0.195. The van der Waals surface area contributed by atoms with Gasteiger partial charge in [0.2, 0.25) is 0 Å². The maximum Gasteiger partial charge on any atom is 0.134 e. The number of nitrogens with one attached hydrogen (secondary N) is 1. The number of rotatable bonds is 4. The van der Waals surface area contributed by atoms with Crippen LogP contribution in [0, 0.1) is 11.7 Å². The fourth-order valence-corrected chi connectivity index (χ4v) is 3.55. The Hall–Kier alpha value is -1.35. The lowest BCUT2D eigenvalue weighted by molar-refractivity contribution is 0.336. The molecule has 1 aromatic carbocycles.